The van der Waals surface area contributed by atoms with Crippen LogP contribution in [0.2, 0.25) is 0 Å². The van der Waals surface area contributed by atoms with Gasteiger partial charge < -0.3 is 16.2 Å². The first-order valence-electron chi connectivity index (χ1n) is 4.14. The Morgan fingerprint density at radius 3 is 2.86 bits per heavy atom. The zero-order valence-corrected chi connectivity index (χ0v) is 7.65. The van der Waals surface area contributed by atoms with Crippen LogP contribution in [-0.4, -0.2) is 22.1 Å². The molecule has 2 rings (SSSR count). The summed E-state index contributed by atoms with van der Waals surface area (Å²) in [5.41, 5.74) is 6.13. The topological polar surface area (TPSA) is 84.1 Å². The maximum Gasteiger partial charge on any atom is 0.222 e. The molecular formula is C9H10N4O. The van der Waals surface area contributed by atoms with E-state index in [-0.39, 0.29) is 11.7 Å². The van der Waals surface area contributed by atoms with Crippen LogP contribution < -0.4 is 11.1 Å². The van der Waals surface area contributed by atoms with Gasteiger partial charge in [0, 0.05) is 18.5 Å². The van der Waals surface area contributed by atoms with E-state index >= 15 is 0 Å². The fourth-order valence-electron chi connectivity index (χ4n) is 1.33. The van der Waals surface area contributed by atoms with Crippen LogP contribution >= 0.6 is 0 Å². The molecule has 0 unspecified atom stereocenters. The summed E-state index contributed by atoms with van der Waals surface area (Å²) < 4.78 is 0. The number of anilines is 2. The summed E-state index contributed by atoms with van der Waals surface area (Å²) in [6.07, 6.45) is 0. The molecule has 1 aromatic carbocycles. The van der Waals surface area contributed by atoms with E-state index < -0.39 is 0 Å². The molecule has 5 heteroatoms. The van der Waals surface area contributed by atoms with Crippen molar-refractivity contribution >= 4 is 22.7 Å². The Hall–Kier alpha value is -2.04. The van der Waals surface area contributed by atoms with Crippen molar-refractivity contribution in [3.8, 4) is 5.75 Å². The Morgan fingerprint density at radius 2 is 2.14 bits per heavy atom. The maximum atomic E-state index is 9.26. The Labute approximate surface area is 80.6 Å². The first-order chi connectivity index (χ1) is 6.70. The van der Waals surface area contributed by atoms with Gasteiger partial charge in [-0.15, -0.1) is 0 Å². The van der Waals surface area contributed by atoms with Crippen molar-refractivity contribution in [3.63, 3.8) is 0 Å². The predicted molar refractivity (Wildman–Crippen MR) is 55.2 cm³/mol. The van der Waals surface area contributed by atoms with Gasteiger partial charge in [-0.1, -0.05) is 0 Å². The number of rotatable bonds is 1. The van der Waals surface area contributed by atoms with E-state index in [0.717, 1.165) is 5.39 Å². The summed E-state index contributed by atoms with van der Waals surface area (Å²) >= 11 is 0. The smallest absolute Gasteiger partial charge is 0.222 e. The molecule has 0 aliphatic rings. The Bertz CT molecular complexity index is 478. The summed E-state index contributed by atoms with van der Waals surface area (Å²) in [7, 11) is 1.76. The molecule has 0 saturated heterocycles. The van der Waals surface area contributed by atoms with Gasteiger partial charge in [0.1, 0.15) is 11.6 Å². The monoisotopic (exact) mass is 190 g/mol. The number of nitrogens with two attached hydrogens (primary N) is 1. The molecule has 0 spiro atoms. The molecular weight excluding hydrogens is 180 g/mol. The fourth-order valence-corrected chi connectivity index (χ4v) is 1.33. The Kier molecular flexibility index (Phi) is 1.85. The number of phenolic OH excluding ortho intramolecular Hbond substituents is 1. The zero-order chi connectivity index (χ0) is 10.1. The maximum absolute atomic E-state index is 9.26. The lowest BCUT2D eigenvalue weighted by molar-refractivity contribution is 0.476. The van der Waals surface area contributed by atoms with Gasteiger partial charge in [0.05, 0.1) is 5.52 Å². The normalized spacial score (nSPS) is 10.4. The summed E-state index contributed by atoms with van der Waals surface area (Å²) in [6.45, 7) is 0. The number of fused-ring (bicyclic) bond motifs is 1. The standard InChI is InChI=1S/C9H10N4O/c1-11-8-6-3-2-5(14)4-7(6)12-9(10)13-8/h2-4,14H,1H3,(H3,10,11,12,13). The molecule has 0 aliphatic heterocycles. The van der Waals surface area contributed by atoms with Gasteiger partial charge in [0.2, 0.25) is 5.95 Å². The minimum absolute atomic E-state index is 0.164. The highest BCUT2D eigenvalue weighted by atomic mass is 16.3. The van der Waals surface area contributed by atoms with Crippen molar-refractivity contribution in [3.05, 3.63) is 18.2 Å². The molecule has 1 aromatic heterocycles. The van der Waals surface area contributed by atoms with Gasteiger partial charge in [0.15, 0.2) is 0 Å². The largest absolute Gasteiger partial charge is 0.508 e. The van der Waals surface area contributed by atoms with Crippen LogP contribution in [0.4, 0.5) is 11.8 Å². The van der Waals surface area contributed by atoms with Crippen LogP contribution in [0.1, 0.15) is 0 Å². The summed E-state index contributed by atoms with van der Waals surface area (Å²) in [5, 5.41) is 13.0. The molecule has 0 aliphatic carbocycles. The second-order valence-electron chi connectivity index (χ2n) is 2.88. The predicted octanol–water partition coefficient (Wildman–Crippen LogP) is 0.959. The van der Waals surface area contributed by atoms with Crippen molar-refractivity contribution in [2.24, 2.45) is 0 Å². The lowest BCUT2D eigenvalue weighted by Crippen LogP contribution is -2.00. The lowest BCUT2D eigenvalue weighted by Gasteiger charge is -2.05. The number of aromatic nitrogens is 2. The molecule has 72 valence electrons. The molecule has 1 heterocycles. The quantitative estimate of drug-likeness (QED) is 0.623. The number of nitrogen functional groups attached to an aromatic ring is 1. The van der Waals surface area contributed by atoms with Crippen molar-refractivity contribution < 1.29 is 5.11 Å². The van der Waals surface area contributed by atoms with Crippen molar-refractivity contribution in [2.75, 3.05) is 18.1 Å². The molecule has 0 fully saturated rings. The third kappa shape index (κ3) is 1.28. The fraction of sp³-hybridized carbons (Fsp3) is 0.111. The van der Waals surface area contributed by atoms with Gasteiger partial charge in [-0.2, -0.15) is 4.98 Å². The van der Waals surface area contributed by atoms with Gasteiger partial charge in [-0.05, 0) is 12.1 Å². The molecule has 4 N–H and O–H groups in total. The molecule has 0 amide bonds. The number of hydrogen-bond donors (Lipinski definition) is 3. The minimum atomic E-state index is 0.164. The van der Waals surface area contributed by atoms with Crippen LogP contribution in [0.3, 0.4) is 0 Å². The van der Waals surface area contributed by atoms with Crippen molar-refractivity contribution in [1.29, 1.82) is 0 Å². The van der Waals surface area contributed by atoms with Gasteiger partial charge in [-0.3, -0.25) is 0 Å². The van der Waals surface area contributed by atoms with Gasteiger partial charge >= 0.3 is 0 Å². The highest BCUT2D eigenvalue weighted by molar-refractivity contribution is 5.90. The van der Waals surface area contributed by atoms with Crippen LogP contribution in [-0.2, 0) is 0 Å². The van der Waals surface area contributed by atoms with E-state index in [2.05, 4.69) is 15.3 Å². The molecule has 0 bridgehead atoms. The minimum Gasteiger partial charge on any atom is -0.508 e. The van der Waals surface area contributed by atoms with Crippen LogP contribution in [0.15, 0.2) is 18.2 Å². The van der Waals surface area contributed by atoms with Crippen molar-refractivity contribution in [1.82, 2.24) is 9.97 Å². The number of hydrogen-bond acceptors (Lipinski definition) is 5. The molecule has 2 aromatic rings. The van der Waals surface area contributed by atoms with E-state index in [0.29, 0.717) is 11.3 Å². The van der Waals surface area contributed by atoms with Crippen LogP contribution in [0.5, 0.6) is 5.75 Å². The highest BCUT2D eigenvalue weighted by Gasteiger charge is 2.04. The third-order valence-electron chi connectivity index (χ3n) is 1.93. The zero-order valence-electron chi connectivity index (χ0n) is 7.65. The van der Waals surface area contributed by atoms with Gasteiger partial charge in [-0.25, -0.2) is 4.98 Å². The molecule has 0 atom stereocenters. The molecule has 0 saturated carbocycles. The SMILES string of the molecule is CNc1nc(N)nc2cc(O)ccc12. The Morgan fingerprint density at radius 1 is 1.36 bits per heavy atom. The number of phenols is 1. The second-order valence-corrected chi connectivity index (χ2v) is 2.88. The average Bonchev–Trinajstić information content (AvgIpc) is 2.15. The molecule has 14 heavy (non-hydrogen) atoms. The van der Waals surface area contributed by atoms with Gasteiger partial charge in [0.25, 0.3) is 0 Å². The van der Waals surface area contributed by atoms with E-state index in [1.165, 1.54) is 0 Å². The van der Waals surface area contributed by atoms with E-state index in [1.807, 2.05) is 0 Å². The number of aromatic hydroxyl groups is 1. The van der Waals surface area contributed by atoms with Crippen molar-refractivity contribution in [2.45, 2.75) is 0 Å². The van der Waals surface area contributed by atoms with E-state index in [4.69, 9.17) is 5.73 Å². The second kappa shape index (κ2) is 3.02. The third-order valence-corrected chi connectivity index (χ3v) is 1.93. The van der Waals surface area contributed by atoms with Crippen LogP contribution in [0.25, 0.3) is 10.9 Å². The molecule has 5 nitrogen and oxygen atoms in total. The number of nitrogens with one attached hydrogen (secondary N) is 1. The number of nitrogens with zero attached hydrogens (tertiary/aromatic N) is 2. The highest BCUT2D eigenvalue weighted by Crippen LogP contribution is 2.23. The van der Waals surface area contributed by atoms with E-state index in [9.17, 15) is 5.11 Å². The number of benzene rings is 1. The molecule has 0 radical (unpaired) electrons. The Balaban J connectivity index is 2.81. The lowest BCUT2D eigenvalue weighted by atomic mass is 10.2. The summed E-state index contributed by atoms with van der Waals surface area (Å²) in [6, 6.07) is 4.88. The van der Waals surface area contributed by atoms with Crippen LogP contribution in [0, 0.1) is 0 Å². The first kappa shape index (κ1) is 8.55. The van der Waals surface area contributed by atoms with E-state index in [1.54, 1.807) is 25.2 Å². The first-order valence-corrected chi connectivity index (χ1v) is 4.14. The average molecular weight is 190 g/mol. The summed E-state index contributed by atoms with van der Waals surface area (Å²) in [5.74, 6) is 1.01. The summed E-state index contributed by atoms with van der Waals surface area (Å²) in [4.78, 5) is 8.04.